The second kappa shape index (κ2) is 4.84. The van der Waals surface area contributed by atoms with Crippen LogP contribution in [-0.4, -0.2) is 25.8 Å². The van der Waals surface area contributed by atoms with Crippen molar-refractivity contribution in [2.45, 2.75) is 20.0 Å². The number of nitrogens with two attached hydrogens (primary N) is 1. The van der Waals surface area contributed by atoms with Gasteiger partial charge in [-0.1, -0.05) is 5.21 Å². The SMILES string of the molecule is Cc1ccc(C(=O)Cn2cc(CN)nn2)cn1. The van der Waals surface area contributed by atoms with Crippen LogP contribution in [0.2, 0.25) is 0 Å². The highest BCUT2D eigenvalue weighted by Gasteiger charge is 2.08. The molecule has 0 aliphatic heterocycles. The number of ketones is 1. The van der Waals surface area contributed by atoms with Crippen molar-refractivity contribution in [1.29, 1.82) is 0 Å². The predicted octanol–water partition coefficient (Wildman–Crippen LogP) is 0.323. The first-order valence-electron chi connectivity index (χ1n) is 5.24. The molecular weight excluding hydrogens is 218 g/mol. The van der Waals surface area contributed by atoms with Gasteiger partial charge in [-0.15, -0.1) is 5.10 Å². The molecule has 6 nitrogen and oxygen atoms in total. The lowest BCUT2D eigenvalue weighted by Gasteiger charge is -2.00. The molecule has 2 rings (SSSR count). The van der Waals surface area contributed by atoms with Gasteiger partial charge in [-0.2, -0.15) is 0 Å². The van der Waals surface area contributed by atoms with Crippen molar-refractivity contribution in [3.63, 3.8) is 0 Å². The largest absolute Gasteiger partial charge is 0.325 e. The van der Waals surface area contributed by atoms with Crippen LogP contribution < -0.4 is 5.73 Å². The van der Waals surface area contributed by atoms with Crippen molar-refractivity contribution < 1.29 is 4.79 Å². The monoisotopic (exact) mass is 231 g/mol. The van der Waals surface area contributed by atoms with E-state index in [1.165, 1.54) is 4.68 Å². The number of aryl methyl sites for hydroxylation is 1. The Kier molecular flexibility index (Phi) is 3.24. The normalized spacial score (nSPS) is 10.5. The molecule has 2 N–H and O–H groups in total. The van der Waals surface area contributed by atoms with Gasteiger partial charge in [0.15, 0.2) is 5.78 Å². The highest BCUT2D eigenvalue weighted by Crippen LogP contribution is 2.02. The van der Waals surface area contributed by atoms with E-state index in [0.29, 0.717) is 17.8 Å². The molecule has 0 radical (unpaired) electrons. The highest BCUT2D eigenvalue weighted by molar-refractivity contribution is 5.95. The molecule has 0 bridgehead atoms. The number of hydrogen-bond donors (Lipinski definition) is 1. The van der Waals surface area contributed by atoms with E-state index in [1.807, 2.05) is 6.92 Å². The van der Waals surface area contributed by atoms with Gasteiger partial charge < -0.3 is 5.73 Å². The van der Waals surface area contributed by atoms with Crippen LogP contribution in [0, 0.1) is 6.92 Å². The first-order valence-corrected chi connectivity index (χ1v) is 5.24. The summed E-state index contributed by atoms with van der Waals surface area (Å²) < 4.78 is 1.48. The number of hydrogen-bond acceptors (Lipinski definition) is 5. The van der Waals surface area contributed by atoms with Crippen LogP contribution in [0.4, 0.5) is 0 Å². The highest BCUT2D eigenvalue weighted by atomic mass is 16.1. The molecule has 88 valence electrons. The number of pyridine rings is 1. The van der Waals surface area contributed by atoms with E-state index < -0.39 is 0 Å². The third kappa shape index (κ3) is 2.73. The van der Waals surface area contributed by atoms with Crippen LogP contribution in [0.15, 0.2) is 24.5 Å². The molecule has 0 atom stereocenters. The molecule has 2 aromatic rings. The van der Waals surface area contributed by atoms with Crippen molar-refractivity contribution >= 4 is 5.78 Å². The minimum atomic E-state index is -0.0500. The molecule has 0 aliphatic carbocycles. The number of Topliss-reactive ketones (excluding diaryl/α,β-unsaturated/α-hetero) is 1. The number of carbonyl (C=O) groups excluding carboxylic acids is 1. The molecule has 17 heavy (non-hydrogen) atoms. The van der Waals surface area contributed by atoms with Gasteiger partial charge in [0.05, 0.1) is 11.9 Å². The fourth-order valence-corrected chi connectivity index (χ4v) is 1.38. The lowest BCUT2D eigenvalue weighted by atomic mass is 10.2. The molecule has 0 spiro atoms. The third-order valence-electron chi connectivity index (χ3n) is 2.33. The number of aromatic nitrogens is 4. The summed E-state index contributed by atoms with van der Waals surface area (Å²) in [5, 5.41) is 7.63. The van der Waals surface area contributed by atoms with Gasteiger partial charge in [0.2, 0.25) is 0 Å². The van der Waals surface area contributed by atoms with Crippen molar-refractivity contribution in [2.24, 2.45) is 5.73 Å². The molecule has 0 fully saturated rings. The summed E-state index contributed by atoms with van der Waals surface area (Å²) in [6.45, 7) is 2.34. The molecule has 0 saturated carbocycles. The third-order valence-corrected chi connectivity index (χ3v) is 2.33. The Balaban J connectivity index is 2.08. The molecule has 0 aliphatic rings. The fraction of sp³-hybridized carbons (Fsp3) is 0.273. The van der Waals surface area contributed by atoms with E-state index >= 15 is 0 Å². The Bertz CT molecular complexity index is 517. The Hall–Kier alpha value is -2.08. The van der Waals surface area contributed by atoms with Crippen LogP contribution in [-0.2, 0) is 13.1 Å². The predicted molar refractivity (Wildman–Crippen MR) is 61.2 cm³/mol. The van der Waals surface area contributed by atoms with E-state index in [-0.39, 0.29) is 12.3 Å². The first kappa shape index (κ1) is 11.4. The molecule has 6 heteroatoms. The van der Waals surface area contributed by atoms with Crippen LogP contribution in [0.3, 0.4) is 0 Å². The number of carbonyl (C=O) groups is 1. The van der Waals surface area contributed by atoms with Gasteiger partial charge in [0.25, 0.3) is 0 Å². The lowest BCUT2D eigenvalue weighted by molar-refractivity contribution is 0.0966. The second-order valence-electron chi connectivity index (χ2n) is 3.72. The molecule has 2 heterocycles. The Labute approximate surface area is 98.5 Å². The molecule has 0 unspecified atom stereocenters. The van der Waals surface area contributed by atoms with Crippen LogP contribution in [0.1, 0.15) is 21.7 Å². The average Bonchev–Trinajstić information content (AvgIpc) is 2.77. The van der Waals surface area contributed by atoms with Crippen LogP contribution in [0.25, 0.3) is 0 Å². The minimum Gasteiger partial charge on any atom is -0.325 e. The van der Waals surface area contributed by atoms with Crippen molar-refractivity contribution in [3.05, 3.63) is 41.5 Å². The zero-order chi connectivity index (χ0) is 12.3. The maximum atomic E-state index is 11.9. The van der Waals surface area contributed by atoms with Gasteiger partial charge in [0, 0.05) is 24.0 Å². The van der Waals surface area contributed by atoms with Crippen molar-refractivity contribution in [1.82, 2.24) is 20.0 Å². The molecular formula is C11H13N5O. The summed E-state index contributed by atoms with van der Waals surface area (Å²) in [5.41, 5.74) is 7.53. The molecule has 0 amide bonds. The summed E-state index contributed by atoms with van der Waals surface area (Å²) in [6, 6.07) is 3.56. The minimum absolute atomic E-state index is 0.0500. The standard InChI is InChI=1S/C11H13N5O/c1-8-2-3-9(5-13-8)11(17)7-16-6-10(4-12)14-15-16/h2-3,5-6H,4,7,12H2,1H3. The second-order valence-corrected chi connectivity index (χ2v) is 3.72. The van der Waals surface area contributed by atoms with E-state index in [0.717, 1.165) is 5.69 Å². The van der Waals surface area contributed by atoms with E-state index in [4.69, 9.17) is 5.73 Å². The maximum absolute atomic E-state index is 11.9. The van der Waals surface area contributed by atoms with E-state index in [9.17, 15) is 4.79 Å². The topological polar surface area (TPSA) is 86.7 Å². The van der Waals surface area contributed by atoms with E-state index in [1.54, 1.807) is 24.5 Å². The number of nitrogens with zero attached hydrogens (tertiary/aromatic N) is 4. The smallest absolute Gasteiger partial charge is 0.185 e. The zero-order valence-corrected chi connectivity index (χ0v) is 9.50. The molecule has 0 saturated heterocycles. The summed E-state index contributed by atoms with van der Waals surface area (Å²) in [7, 11) is 0. The van der Waals surface area contributed by atoms with Gasteiger partial charge in [-0.3, -0.25) is 9.78 Å². The van der Waals surface area contributed by atoms with Gasteiger partial charge in [0.1, 0.15) is 6.54 Å². The number of rotatable bonds is 4. The Morgan fingerprint density at radius 2 is 2.29 bits per heavy atom. The molecule has 0 aromatic carbocycles. The van der Waals surface area contributed by atoms with Gasteiger partial charge in [-0.05, 0) is 19.1 Å². The van der Waals surface area contributed by atoms with Gasteiger partial charge >= 0.3 is 0 Å². The summed E-state index contributed by atoms with van der Waals surface area (Å²) >= 11 is 0. The lowest BCUT2D eigenvalue weighted by Crippen LogP contribution is -2.11. The van der Waals surface area contributed by atoms with Crippen LogP contribution >= 0.6 is 0 Å². The average molecular weight is 231 g/mol. The first-order chi connectivity index (χ1) is 8.19. The zero-order valence-electron chi connectivity index (χ0n) is 9.50. The van der Waals surface area contributed by atoms with Crippen molar-refractivity contribution in [3.8, 4) is 0 Å². The fourth-order valence-electron chi connectivity index (χ4n) is 1.38. The maximum Gasteiger partial charge on any atom is 0.185 e. The molecule has 2 aromatic heterocycles. The van der Waals surface area contributed by atoms with E-state index in [2.05, 4.69) is 15.3 Å². The summed E-state index contributed by atoms with van der Waals surface area (Å²) in [5.74, 6) is -0.0500. The summed E-state index contributed by atoms with van der Waals surface area (Å²) in [6.07, 6.45) is 3.23. The quantitative estimate of drug-likeness (QED) is 0.766. The Morgan fingerprint density at radius 1 is 1.47 bits per heavy atom. The Morgan fingerprint density at radius 3 is 2.88 bits per heavy atom. The van der Waals surface area contributed by atoms with Crippen LogP contribution in [0.5, 0.6) is 0 Å². The van der Waals surface area contributed by atoms with Gasteiger partial charge in [-0.25, -0.2) is 4.68 Å². The van der Waals surface area contributed by atoms with Crippen molar-refractivity contribution in [2.75, 3.05) is 0 Å². The summed E-state index contributed by atoms with van der Waals surface area (Å²) in [4.78, 5) is 15.9.